The van der Waals surface area contributed by atoms with Crippen LogP contribution in [0, 0.1) is 6.92 Å². The Labute approximate surface area is 121 Å². The van der Waals surface area contributed by atoms with Crippen LogP contribution < -0.4 is 11.1 Å². The maximum Gasteiger partial charge on any atom is 0.258 e. The maximum absolute atomic E-state index is 12.2. The molecule has 0 aromatic heterocycles. The Morgan fingerprint density at radius 1 is 1.16 bits per heavy atom. The number of amides is 1. The van der Waals surface area contributed by atoms with Crippen LogP contribution in [0.1, 0.15) is 15.9 Å². The van der Waals surface area contributed by atoms with Gasteiger partial charge in [0, 0.05) is 0 Å². The average molecular weight is 295 g/mol. The number of benzene rings is 2. The topological polar surface area (TPSA) is 55.1 Å². The molecule has 5 heteroatoms. The van der Waals surface area contributed by atoms with Gasteiger partial charge in [0.25, 0.3) is 5.91 Å². The lowest BCUT2D eigenvalue weighted by molar-refractivity contribution is 0.102. The minimum Gasteiger partial charge on any atom is -0.397 e. The van der Waals surface area contributed by atoms with E-state index >= 15 is 0 Å². The Morgan fingerprint density at radius 2 is 1.79 bits per heavy atom. The number of hydrogen-bond acceptors (Lipinski definition) is 2. The predicted molar refractivity (Wildman–Crippen MR) is 80.0 cm³/mol. The monoisotopic (exact) mass is 294 g/mol. The Hall–Kier alpha value is -1.71. The molecule has 0 saturated carbocycles. The predicted octanol–water partition coefficient (Wildman–Crippen LogP) is 4.14. The van der Waals surface area contributed by atoms with E-state index in [9.17, 15) is 4.79 Å². The molecule has 0 aliphatic rings. The van der Waals surface area contributed by atoms with Crippen molar-refractivity contribution in [2.75, 3.05) is 11.1 Å². The van der Waals surface area contributed by atoms with Gasteiger partial charge >= 0.3 is 0 Å². The molecule has 0 spiro atoms. The van der Waals surface area contributed by atoms with Crippen LogP contribution in [0.3, 0.4) is 0 Å². The molecule has 0 radical (unpaired) electrons. The third-order valence-electron chi connectivity index (χ3n) is 2.65. The van der Waals surface area contributed by atoms with Gasteiger partial charge < -0.3 is 11.1 Å². The highest BCUT2D eigenvalue weighted by molar-refractivity contribution is 6.40. The van der Waals surface area contributed by atoms with Gasteiger partial charge in [0.2, 0.25) is 0 Å². The number of anilines is 2. The second kappa shape index (κ2) is 5.51. The molecule has 0 bridgehead atoms. The molecule has 2 aromatic rings. The molecule has 2 rings (SSSR count). The highest BCUT2D eigenvalue weighted by atomic mass is 35.5. The zero-order chi connectivity index (χ0) is 14.0. The molecule has 0 fully saturated rings. The fourth-order valence-corrected chi connectivity index (χ4v) is 2.25. The lowest BCUT2D eigenvalue weighted by atomic mass is 10.1. The number of halogens is 2. The summed E-state index contributed by atoms with van der Waals surface area (Å²) in [5.74, 6) is -0.382. The fraction of sp³-hybridized carbons (Fsp3) is 0.0714. The Kier molecular flexibility index (Phi) is 3.98. The third kappa shape index (κ3) is 3.00. The molecular weight excluding hydrogens is 283 g/mol. The maximum atomic E-state index is 12.2. The number of nitrogens with one attached hydrogen (secondary N) is 1. The zero-order valence-corrected chi connectivity index (χ0v) is 11.7. The molecule has 2 aromatic carbocycles. The zero-order valence-electron chi connectivity index (χ0n) is 10.2. The van der Waals surface area contributed by atoms with Crippen LogP contribution in [0.5, 0.6) is 0 Å². The smallest absolute Gasteiger partial charge is 0.258 e. The lowest BCUT2D eigenvalue weighted by Crippen LogP contribution is -2.14. The number of rotatable bonds is 2. The first-order valence-corrected chi connectivity index (χ1v) is 6.36. The summed E-state index contributed by atoms with van der Waals surface area (Å²) in [6.45, 7) is 1.91. The molecule has 3 N–H and O–H groups in total. The van der Waals surface area contributed by atoms with E-state index in [1.165, 1.54) is 0 Å². The van der Waals surface area contributed by atoms with Gasteiger partial charge in [0.15, 0.2) is 0 Å². The molecule has 1 amide bonds. The second-order valence-corrected chi connectivity index (χ2v) is 4.96. The van der Waals surface area contributed by atoms with Crippen molar-refractivity contribution in [3.63, 3.8) is 0 Å². The fourth-order valence-electron chi connectivity index (χ4n) is 1.68. The summed E-state index contributed by atoms with van der Waals surface area (Å²) in [6.07, 6.45) is 0. The van der Waals surface area contributed by atoms with E-state index < -0.39 is 0 Å². The van der Waals surface area contributed by atoms with Gasteiger partial charge in [-0.15, -0.1) is 0 Å². The van der Waals surface area contributed by atoms with Crippen molar-refractivity contribution < 1.29 is 4.79 Å². The largest absolute Gasteiger partial charge is 0.397 e. The summed E-state index contributed by atoms with van der Waals surface area (Å²) in [6, 6.07) is 10.3. The first kappa shape index (κ1) is 13.7. The van der Waals surface area contributed by atoms with E-state index in [0.29, 0.717) is 21.4 Å². The highest BCUT2D eigenvalue weighted by Crippen LogP contribution is 2.27. The summed E-state index contributed by atoms with van der Waals surface area (Å²) in [4.78, 5) is 12.2. The van der Waals surface area contributed by atoms with E-state index in [1.807, 2.05) is 13.0 Å². The number of nitrogen functional groups attached to an aromatic ring is 1. The number of hydrogen-bond donors (Lipinski definition) is 2. The van der Waals surface area contributed by atoms with Gasteiger partial charge in [0.05, 0.1) is 27.0 Å². The normalized spacial score (nSPS) is 10.3. The molecule has 0 heterocycles. The van der Waals surface area contributed by atoms with Crippen molar-refractivity contribution in [3.05, 3.63) is 57.6 Å². The minimum atomic E-state index is -0.382. The van der Waals surface area contributed by atoms with E-state index in [-0.39, 0.29) is 11.5 Å². The Morgan fingerprint density at radius 3 is 2.42 bits per heavy atom. The lowest BCUT2D eigenvalue weighted by Gasteiger charge is -2.11. The van der Waals surface area contributed by atoms with Crippen LogP contribution in [0.25, 0.3) is 0 Å². The van der Waals surface area contributed by atoms with Gasteiger partial charge in [0.1, 0.15) is 0 Å². The van der Waals surface area contributed by atoms with E-state index in [2.05, 4.69) is 5.32 Å². The van der Waals surface area contributed by atoms with Crippen molar-refractivity contribution in [2.45, 2.75) is 6.92 Å². The molecule has 3 nitrogen and oxygen atoms in total. The van der Waals surface area contributed by atoms with Gasteiger partial charge in [-0.2, -0.15) is 0 Å². The SMILES string of the molecule is Cc1ccc(N)c(NC(=O)c2c(Cl)cccc2Cl)c1. The molecule has 19 heavy (non-hydrogen) atoms. The summed E-state index contributed by atoms with van der Waals surface area (Å²) < 4.78 is 0. The quantitative estimate of drug-likeness (QED) is 0.818. The Bertz CT molecular complexity index is 621. The average Bonchev–Trinajstić information content (AvgIpc) is 2.33. The van der Waals surface area contributed by atoms with Crippen LogP contribution >= 0.6 is 23.2 Å². The van der Waals surface area contributed by atoms with Crippen molar-refractivity contribution >= 4 is 40.5 Å². The summed E-state index contributed by atoms with van der Waals surface area (Å²) in [5, 5.41) is 3.32. The van der Waals surface area contributed by atoms with Crippen LogP contribution in [0.4, 0.5) is 11.4 Å². The minimum absolute atomic E-state index is 0.242. The van der Waals surface area contributed by atoms with Crippen molar-refractivity contribution in [3.8, 4) is 0 Å². The number of carbonyl (C=O) groups excluding carboxylic acids is 1. The standard InChI is InChI=1S/C14H12Cl2N2O/c1-8-5-6-11(17)12(7-8)18-14(19)13-9(15)3-2-4-10(13)16/h2-7H,17H2,1H3,(H,18,19). The first-order chi connectivity index (χ1) is 8.99. The van der Waals surface area contributed by atoms with Crippen molar-refractivity contribution in [2.24, 2.45) is 0 Å². The van der Waals surface area contributed by atoms with E-state index in [4.69, 9.17) is 28.9 Å². The van der Waals surface area contributed by atoms with Crippen molar-refractivity contribution in [1.82, 2.24) is 0 Å². The molecule has 0 saturated heterocycles. The van der Waals surface area contributed by atoms with E-state index in [0.717, 1.165) is 5.56 Å². The van der Waals surface area contributed by atoms with Crippen LogP contribution in [-0.2, 0) is 0 Å². The van der Waals surface area contributed by atoms with Crippen molar-refractivity contribution in [1.29, 1.82) is 0 Å². The van der Waals surface area contributed by atoms with Crippen LogP contribution in [-0.4, -0.2) is 5.91 Å². The van der Waals surface area contributed by atoms with E-state index in [1.54, 1.807) is 30.3 Å². The number of carbonyl (C=O) groups is 1. The molecule has 98 valence electrons. The summed E-state index contributed by atoms with van der Waals surface area (Å²) in [5.41, 5.74) is 8.08. The number of aryl methyl sites for hydroxylation is 1. The number of nitrogens with two attached hydrogens (primary N) is 1. The van der Waals surface area contributed by atoms with Gasteiger partial charge in [-0.05, 0) is 36.8 Å². The molecule has 0 aliphatic carbocycles. The molecule has 0 atom stereocenters. The van der Waals surface area contributed by atoms with Crippen LogP contribution in [0.15, 0.2) is 36.4 Å². The molecule has 0 aliphatic heterocycles. The van der Waals surface area contributed by atoms with Crippen LogP contribution in [0.2, 0.25) is 10.0 Å². The van der Waals surface area contributed by atoms with Gasteiger partial charge in [-0.25, -0.2) is 0 Å². The second-order valence-electron chi connectivity index (χ2n) is 4.14. The summed E-state index contributed by atoms with van der Waals surface area (Å²) in [7, 11) is 0. The van der Waals surface area contributed by atoms with Gasteiger partial charge in [-0.3, -0.25) is 4.79 Å². The third-order valence-corrected chi connectivity index (χ3v) is 3.28. The molecule has 0 unspecified atom stereocenters. The Balaban J connectivity index is 2.34. The summed E-state index contributed by atoms with van der Waals surface area (Å²) >= 11 is 12.0. The van der Waals surface area contributed by atoms with Gasteiger partial charge in [-0.1, -0.05) is 35.3 Å². The highest BCUT2D eigenvalue weighted by Gasteiger charge is 2.15. The molecular formula is C14H12Cl2N2O. The first-order valence-electron chi connectivity index (χ1n) is 5.60.